The highest BCUT2D eigenvalue weighted by Gasteiger charge is 2.48. The van der Waals surface area contributed by atoms with Crippen molar-refractivity contribution in [3.63, 3.8) is 0 Å². The Balaban J connectivity index is 1.09. The highest BCUT2D eigenvalue weighted by Crippen LogP contribution is 2.49. The maximum Gasteiger partial charge on any atom is 0.256 e. The molecule has 0 fully saturated rings. The lowest BCUT2D eigenvalue weighted by Crippen LogP contribution is -2.64. The number of hydrogen-bond acceptors (Lipinski definition) is 4. The van der Waals surface area contributed by atoms with E-state index in [0.29, 0.717) is 0 Å². The van der Waals surface area contributed by atoms with E-state index in [1.807, 2.05) is 0 Å². The van der Waals surface area contributed by atoms with E-state index in [1.54, 1.807) is 0 Å². The van der Waals surface area contributed by atoms with Gasteiger partial charge in [-0.1, -0.05) is 142 Å². The molecule has 4 aliphatic rings. The number of benzene rings is 10. The zero-order chi connectivity index (χ0) is 51.1. The van der Waals surface area contributed by atoms with Gasteiger partial charge >= 0.3 is 0 Å². The van der Waals surface area contributed by atoms with Crippen LogP contribution >= 0.6 is 0 Å². The molecule has 0 saturated carbocycles. The van der Waals surface area contributed by atoms with Crippen LogP contribution in [0.4, 0.5) is 51.2 Å². The third kappa shape index (κ3) is 6.99. The second kappa shape index (κ2) is 16.8. The first-order chi connectivity index (χ1) is 36.4. The standard InChI is InChI=1S/C69H57B2N3O/c1-40-15-24-51(25-16-40)72-59-30-21-45(6)33-56(59)70-57-38-58-65(39-61(57)74(53-28-19-42(3)20-29-53)63-35-49(34-62(72)68(63)70)54-31-43(4)13-22-46(54)7)75-66-37-50(55-32-44(5)14-23-47(55)8)36-64-69(66)71(58)67-48(9)11-10-12-60(67)73(64)52-26-17-41(2)18-27-52/h10-39H,1-9H3. The van der Waals surface area contributed by atoms with Gasteiger partial charge in [-0.25, -0.2) is 0 Å². The van der Waals surface area contributed by atoms with Gasteiger partial charge in [-0.3, -0.25) is 0 Å². The predicted octanol–water partition coefficient (Wildman–Crippen LogP) is 14.3. The molecule has 0 unspecified atom stereocenters. The van der Waals surface area contributed by atoms with Crippen LogP contribution in [-0.2, 0) is 0 Å². The van der Waals surface area contributed by atoms with Crippen molar-refractivity contribution in [2.24, 2.45) is 0 Å². The molecule has 6 heteroatoms. The highest BCUT2D eigenvalue weighted by atomic mass is 16.5. The van der Waals surface area contributed by atoms with Crippen molar-refractivity contribution in [2.45, 2.75) is 62.3 Å². The van der Waals surface area contributed by atoms with Crippen LogP contribution in [0.2, 0.25) is 0 Å². The summed E-state index contributed by atoms with van der Waals surface area (Å²) in [6, 6.07) is 69.5. The normalized spacial score (nSPS) is 13.4. The van der Waals surface area contributed by atoms with Crippen molar-refractivity contribution in [2.75, 3.05) is 14.7 Å². The molecule has 360 valence electrons. The summed E-state index contributed by atoms with van der Waals surface area (Å²) in [4.78, 5) is 7.57. The van der Waals surface area contributed by atoms with E-state index in [4.69, 9.17) is 4.74 Å². The lowest BCUT2D eigenvalue weighted by molar-refractivity contribution is 0.488. The van der Waals surface area contributed by atoms with Crippen LogP contribution in [0, 0.1) is 62.3 Å². The molecular weight excluding hydrogens is 908 g/mol. The molecule has 4 aliphatic heterocycles. The second-order valence-corrected chi connectivity index (χ2v) is 22.0. The molecule has 0 atom stereocenters. The van der Waals surface area contributed by atoms with Gasteiger partial charge < -0.3 is 19.4 Å². The summed E-state index contributed by atoms with van der Waals surface area (Å²) in [5.41, 5.74) is 34.0. The van der Waals surface area contributed by atoms with Crippen molar-refractivity contribution in [3.8, 4) is 33.8 Å². The summed E-state index contributed by atoms with van der Waals surface area (Å²) in [7, 11) is 0. The third-order valence-electron chi connectivity index (χ3n) is 16.6. The minimum atomic E-state index is -0.0976. The quantitative estimate of drug-likeness (QED) is 0.160. The monoisotopic (exact) mass is 965 g/mol. The minimum Gasteiger partial charge on any atom is -0.458 e. The number of nitrogens with zero attached hydrogens (tertiary/aromatic N) is 3. The topological polar surface area (TPSA) is 19.0 Å². The summed E-state index contributed by atoms with van der Waals surface area (Å²) < 4.78 is 7.61. The molecule has 0 aromatic heterocycles. The Labute approximate surface area is 442 Å². The van der Waals surface area contributed by atoms with Crippen LogP contribution in [0.1, 0.15) is 50.1 Å². The van der Waals surface area contributed by atoms with Crippen molar-refractivity contribution in [3.05, 3.63) is 232 Å². The van der Waals surface area contributed by atoms with Crippen LogP contribution in [0.25, 0.3) is 22.3 Å². The van der Waals surface area contributed by atoms with Gasteiger partial charge in [0.1, 0.15) is 11.5 Å². The van der Waals surface area contributed by atoms with E-state index in [1.165, 1.54) is 122 Å². The predicted molar refractivity (Wildman–Crippen MR) is 320 cm³/mol. The summed E-state index contributed by atoms with van der Waals surface area (Å²) >= 11 is 0. The van der Waals surface area contributed by atoms with Crippen molar-refractivity contribution in [1.29, 1.82) is 0 Å². The van der Waals surface area contributed by atoms with Crippen LogP contribution < -0.4 is 52.2 Å². The van der Waals surface area contributed by atoms with Gasteiger partial charge in [-0.05, 0) is 201 Å². The Morgan fingerprint density at radius 1 is 0.293 bits per heavy atom. The highest BCUT2D eigenvalue weighted by molar-refractivity contribution is 7.02. The lowest BCUT2D eigenvalue weighted by atomic mass is 9.30. The average Bonchev–Trinajstić information content (AvgIpc) is 3.43. The Bertz CT molecular complexity index is 4050. The van der Waals surface area contributed by atoms with Crippen LogP contribution in [0.3, 0.4) is 0 Å². The maximum atomic E-state index is 7.61. The fourth-order valence-corrected chi connectivity index (χ4v) is 12.9. The van der Waals surface area contributed by atoms with Crippen molar-refractivity contribution in [1.82, 2.24) is 0 Å². The molecule has 0 amide bonds. The van der Waals surface area contributed by atoms with Gasteiger partial charge in [0, 0.05) is 57.3 Å². The largest absolute Gasteiger partial charge is 0.458 e. The first-order valence-electron chi connectivity index (χ1n) is 26.5. The minimum absolute atomic E-state index is 0.0854. The molecule has 0 N–H and O–H groups in total. The average molecular weight is 966 g/mol. The second-order valence-electron chi connectivity index (χ2n) is 22.0. The zero-order valence-corrected chi connectivity index (χ0v) is 44.2. The molecule has 10 aromatic carbocycles. The Hall–Kier alpha value is -8.47. The van der Waals surface area contributed by atoms with Gasteiger partial charge in [0.25, 0.3) is 13.4 Å². The third-order valence-corrected chi connectivity index (χ3v) is 16.6. The fraction of sp³-hybridized carbons (Fsp3) is 0.130. The van der Waals surface area contributed by atoms with Crippen molar-refractivity contribution >= 4 is 97.4 Å². The molecule has 10 aromatic rings. The molecule has 0 bridgehead atoms. The number of fused-ring (bicyclic) bond motifs is 8. The summed E-state index contributed by atoms with van der Waals surface area (Å²) in [5.74, 6) is 1.79. The molecule has 0 radical (unpaired) electrons. The van der Waals surface area contributed by atoms with E-state index in [0.717, 1.165) is 45.5 Å². The first-order valence-corrected chi connectivity index (χ1v) is 26.5. The molecule has 4 nitrogen and oxygen atoms in total. The van der Waals surface area contributed by atoms with E-state index in [2.05, 4.69) is 259 Å². The van der Waals surface area contributed by atoms with E-state index >= 15 is 0 Å². The summed E-state index contributed by atoms with van der Waals surface area (Å²) in [6.45, 7) is 19.7. The van der Waals surface area contributed by atoms with Crippen LogP contribution in [-0.4, -0.2) is 13.4 Å². The number of aryl methyl sites for hydroxylation is 9. The molecule has 0 aliphatic carbocycles. The van der Waals surface area contributed by atoms with Crippen LogP contribution in [0.5, 0.6) is 11.5 Å². The number of anilines is 9. The van der Waals surface area contributed by atoms with Gasteiger partial charge in [0.05, 0.1) is 0 Å². The first kappa shape index (κ1) is 45.2. The van der Waals surface area contributed by atoms with Crippen LogP contribution in [0.15, 0.2) is 182 Å². The van der Waals surface area contributed by atoms with E-state index in [9.17, 15) is 0 Å². The molecule has 0 spiro atoms. The Morgan fingerprint density at radius 2 is 0.760 bits per heavy atom. The Morgan fingerprint density at radius 3 is 1.33 bits per heavy atom. The number of hydrogen-bond donors (Lipinski definition) is 0. The molecule has 0 saturated heterocycles. The number of rotatable bonds is 5. The summed E-state index contributed by atoms with van der Waals surface area (Å²) in [5, 5.41) is 0. The van der Waals surface area contributed by atoms with Gasteiger partial charge in [0.15, 0.2) is 0 Å². The van der Waals surface area contributed by atoms with Crippen molar-refractivity contribution < 1.29 is 4.74 Å². The molecule has 75 heavy (non-hydrogen) atoms. The Kier molecular flexibility index (Phi) is 10.1. The fourth-order valence-electron chi connectivity index (χ4n) is 12.9. The molecular formula is C69H57B2N3O. The van der Waals surface area contributed by atoms with Gasteiger partial charge in [0.2, 0.25) is 0 Å². The number of ether oxygens (including phenoxy) is 1. The molecule has 14 rings (SSSR count). The van der Waals surface area contributed by atoms with E-state index in [-0.39, 0.29) is 13.4 Å². The zero-order valence-electron chi connectivity index (χ0n) is 44.2. The summed E-state index contributed by atoms with van der Waals surface area (Å²) in [6.07, 6.45) is 0. The smallest absolute Gasteiger partial charge is 0.256 e. The molecule has 4 heterocycles. The maximum absolute atomic E-state index is 7.61. The van der Waals surface area contributed by atoms with E-state index < -0.39 is 0 Å². The van der Waals surface area contributed by atoms with Gasteiger partial charge in [-0.15, -0.1) is 0 Å². The SMILES string of the molecule is Cc1ccc(N2c3cccc(C)c3B3c4cc5c(cc4Oc4cc(-c6cc(C)ccc6C)cc2c43)N(c2ccc(C)cc2)c2cc(-c3cc(C)ccc3C)cc3c2B5c2cc(C)ccc2N3c2ccc(C)cc2)cc1. The van der Waals surface area contributed by atoms with Gasteiger partial charge in [-0.2, -0.15) is 0 Å². The lowest BCUT2D eigenvalue weighted by Gasteiger charge is -2.46.